The number of dihydropyridines is 1. The van der Waals surface area contributed by atoms with Gasteiger partial charge >= 0.3 is 0 Å². The van der Waals surface area contributed by atoms with E-state index < -0.39 is 0 Å². The van der Waals surface area contributed by atoms with Gasteiger partial charge in [0.1, 0.15) is 0 Å². The van der Waals surface area contributed by atoms with Crippen molar-refractivity contribution in [1.29, 1.82) is 0 Å². The number of allylic oxidation sites excluding steroid dienone is 1. The van der Waals surface area contributed by atoms with Crippen LogP contribution in [-0.2, 0) is 0 Å². The molecule has 1 aliphatic carbocycles. The van der Waals surface area contributed by atoms with E-state index >= 15 is 0 Å². The summed E-state index contributed by atoms with van der Waals surface area (Å²) in [6, 6.07) is 9.24. The molecule has 1 aromatic carbocycles. The first kappa shape index (κ1) is 11.8. The smallest absolute Gasteiger partial charge is 0.0746 e. The van der Waals surface area contributed by atoms with E-state index in [4.69, 9.17) is 0 Å². The first-order valence-electron chi connectivity index (χ1n) is 6.46. The van der Waals surface area contributed by atoms with Crippen molar-refractivity contribution < 1.29 is 0 Å². The predicted octanol–water partition coefficient (Wildman–Crippen LogP) is 4.19. The minimum absolute atomic E-state index is 0.421. The summed E-state index contributed by atoms with van der Waals surface area (Å²) >= 11 is 1.97. The van der Waals surface area contributed by atoms with Gasteiger partial charge in [-0.2, -0.15) is 0 Å². The summed E-state index contributed by atoms with van der Waals surface area (Å²) in [5, 5.41) is 0.594. The molecule has 0 saturated heterocycles. The van der Waals surface area contributed by atoms with E-state index in [2.05, 4.69) is 48.3 Å². The normalized spacial score (nSPS) is 25.7. The van der Waals surface area contributed by atoms with Gasteiger partial charge in [0, 0.05) is 16.4 Å². The molecule has 1 heterocycles. The maximum atomic E-state index is 4.52. The number of hydrogen-bond donors (Lipinski definition) is 0. The Morgan fingerprint density at radius 1 is 1.17 bits per heavy atom. The molecular formula is C16H17NS. The third-order valence-electron chi connectivity index (χ3n) is 3.44. The van der Waals surface area contributed by atoms with Crippen molar-refractivity contribution >= 4 is 18.0 Å². The van der Waals surface area contributed by atoms with Gasteiger partial charge in [-0.15, -0.1) is 11.8 Å². The number of aryl methyl sites for hydroxylation is 1. The first-order chi connectivity index (χ1) is 8.81. The highest BCUT2D eigenvalue weighted by Gasteiger charge is 2.22. The molecule has 0 N–H and O–H groups in total. The molecule has 1 aliphatic heterocycles. The number of fused-ring (bicyclic) bond motifs is 1. The fourth-order valence-corrected chi connectivity index (χ4v) is 3.54. The van der Waals surface area contributed by atoms with Crippen LogP contribution in [0.1, 0.15) is 18.4 Å². The van der Waals surface area contributed by atoms with E-state index in [0.29, 0.717) is 11.3 Å². The minimum Gasteiger partial charge on any atom is -0.285 e. The molecule has 0 spiro atoms. The Morgan fingerprint density at radius 2 is 2.00 bits per heavy atom. The molecule has 0 fully saturated rings. The van der Waals surface area contributed by atoms with Gasteiger partial charge in [-0.3, -0.25) is 4.99 Å². The Morgan fingerprint density at radius 3 is 2.83 bits per heavy atom. The Bertz CT molecular complexity index is 510. The van der Waals surface area contributed by atoms with Crippen LogP contribution in [0.4, 0.5) is 0 Å². The van der Waals surface area contributed by atoms with Gasteiger partial charge in [0.25, 0.3) is 0 Å². The van der Waals surface area contributed by atoms with Crippen LogP contribution in [0, 0.1) is 6.92 Å². The molecule has 0 saturated carbocycles. The molecule has 0 bridgehead atoms. The summed E-state index contributed by atoms with van der Waals surface area (Å²) in [4.78, 5) is 5.88. The lowest BCUT2D eigenvalue weighted by Crippen LogP contribution is -2.19. The summed E-state index contributed by atoms with van der Waals surface area (Å²) in [5.41, 5.74) is 2.72. The molecule has 1 aromatic rings. The quantitative estimate of drug-likeness (QED) is 0.772. The van der Waals surface area contributed by atoms with Crippen LogP contribution in [-0.4, -0.2) is 17.5 Å². The molecular weight excluding hydrogens is 238 g/mol. The largest absolute Gasteiger partial charge is 0.285 e. The first-order valence-corrected chi connectivity index (χ1v) is 7.34. The molecule has 2 heteroatoms. The van der Waals surface area contributed by atoms with Crippen LogP contribution >= 0.6 is 11.8 Å². The van der Waals surface area contributed by atoms with E-state index in [1.807, 2.05) is 24.1 Å². The van der Waals surface area contributed by atoms with E-state index in [9.17, 15) is 0 Å². The zero-order chi connectivity index (χ0) is 12.4. The summed E-state index contributed by atoms with van der Waals surface area (Å²) in [6.45, 7) is 2.13. The highest BCUT2D eigenvalue weighted by atomic mass is 32.2. The van der Waals surface area contributed by atoms with Crippen LogP contribution < -0.4 is 0 Å². The van der Waals surface area contributed by atoms with Crippen molar-refractivity contribution in [3.05, 3.63) is 53.6 Å². The second kappa shape index (κ2) is 5.15. The SMILES string of the molecule is Cc1ccc(SC2C=C3C=CC=NC3CC2)cc1. The lowest BCUT2D eigenvalue weighted by atomic mass is 9.93. The van der Waals surface area contributed by atoms with Gasteiger partial charge in [0.2, 0.25) is 0 Å². The van der Waals surface area contributed by atoms with Crippen molar-refractivity contribution in [2.75, 3.05) is 0 Å². The third-order valence-corrected chi connectivity index (χ3v) is 4.66. The van der Waals surface area contributed by atoms with Gasteiger partial charge in [-0.05, 0) is 43.5 Å². The Balaban J connectivity index is 1.73. The summed E-state index contributed by atoms with van der Waals surface area (Å²) in [5.74, 6) is 0. The van der Waals surface area contributed by atoms with E-state index in [-0.39, 0.29) is 0 Å². The number of aliphatic imine (C=N–C) groups is 1. The lowest BCUT2D eigenvalue weighted by Gasteiger charge is -2.25. The lowest BCUT2D eigenvalue weighted by molar-refractivity contribution is 0.634. The summed E-state index contributed by atoms with van der Waals surface area (Å²) in [6.07, 6.45) is 11.0. The van der Waals surface area contributed by atoms with Gasteiger partial charge in [0.15, 0.2) is 0 Å². The fourth-order valence-electron chi connectivity index (χ4n) is 2.42. The molecule has 2 unspecified atom stereocenters. The maximum absolute atomic E-state index is 4.52. The molecule has 0 amide bonds. The zero-order valence-corrected chi connectivity index (χ0v) is 11.4. The van der Waals surface area contributed by atoms with Crippen molar-refractivity contribution in [3.63, 3.8) is 0 Å². The molecule has 2 atom stereocenters. The molecule has 1 nitrogen and oxygen atoms in total. The Labute approximate surface area is 113 Å². The van der Waals surface area contributed by atoms with E-state index in [1.165, 1.54) is 28.9 Å². The topological polar surface area (TPSA) is 12.4 Å². The molecule has 0 radical (unpaired) electrons. The van der Waals surface area contributed by atoms with Crippen LogP contribution in [0.2, 0.25) is 0 Å². The van der Waals surface area contributed by atoms with Crippen molar-refractivity contribution in [1.82, 2.24) is 0 Å². The monoisotopic (exact) mass is 255 g/mol. The van der Waals surface area contributed by atoms with Crippen molar-refractivity contribution in [2.45, 2.75) is 36.0 Å². The Kier molecular flexibility index (Phi) is 3.37. The fraction of sp³-hybridized carbons (Fsp3) is 0.312. The average Bonchev–Trinajstić information content (AvgIpc) is 2.41. The van der Waals surface area contributed by atoms with Gasteiger partial charge in [0.05, 0.1) is 6.04 Å². The average molecular weight is 255 g/mol. The summed E-state index contributed by atoms with van der Waals surface area (Å²) < 4.78 is 0. The second-order valence-corrected chi connectivity index (χ2v) is 6.20. The van der Waals surface area contributed by atoms with Crippen LogP contribution in [0.3, 0.4) is 0 Å². The highest BCUT2D eigenvalue weighted by Crippen LogP contribution is 2.34. The van der Waals surface area contributed by atoms with Crippen molar-refractivity contribution in [3.8, 4) is 0 Å². The van der Waals surface area contributed by atoms with E-state index in [1.54, 1.807) is 0 Å². The van der Waals surface area contributed by atoms with Crippen LogP contribution in [0.15, 0.2) is 58.0 Å². The summed E-state index contributed by atoms with van der Waals surface area (Å²) in [7, 11) is 0. The van der Waals surface area contributed by atoms with Gasteiger partial charge in [-0.1, -0.05) is 29.8 Å². The van der Waals surface area contributed by atoms with Crippen LogP contribution in [0.25, 0.3) is 0 Å². The maximum Gasteiger partial charge on any atom is 0.0746 e. The number of benzene rings is 1. The van der Waals surface area contributed by atoms with Crippen molar-refractivity contribution in [2.24, 2.45) is 4.99 Å². The standard InChI is InChI=1S/C16H17NS/c1-12-4-6-14(7-5-12)18-15-8-9-16-13(11-15)3-2-10-17-16/h2-7,10-11,15-16H,8-9H2,1H3. The Hall–Kier alpha value is -1.28. The number of thioether (sulfide) groups is 1. The molecule has 3 rings (SSSR count). The molecule has 2 aliphatic rings. The van der Waals surface area contributed by atoms with Gasteiger partial charge < -0.3 is 0 Å². The number of nitrogens with zero attached hydrogens (tertiary/aromatic N) is 1. The second-order valence-electron chi connectivity index (χ2n) is 4.89. The zero-order valence-electron chi connectivity index (χ0n) is 10.5. The minimum atomic E-state index is 0.421. The van der Waals surface area contributed by atoms with Gasteiger partial charge in [-0.25, -0.2) is 0 Å². The molecule has 92 valence electrons. The van der Waals surface area contributed by atoms with Crippen LogP contribution in [0.5, 0.6) is 0 Å². The molecule has 0 aromatic heterocycles. The van der Waals surface area contributed by atoms with E-state index in [0.717, 1.165) is 0 Å². The number of rotatable bonds is 2. The third kappa shape index (κ3) is 2.59. The predicted molar refractivity (Wildman–Crippen MR) is 79.6 cm³/mol. The highest BCUT2D eigenvalue weighted by molar-refractivity contribution is 8.00. The number of hydrogen-bond acceptors (Lipinski definition) is 2. The molecule has 18 heavy (non-hydrogen) atoms.